The molecule has 2 rings (SSSR count). The molecule has 82 valence electrons. The summed E-state index contributed by atoms with van der Waals surface area (Å²) in [5, 5.41) is 0. The van der Waals surface area contributed by atoms with Gasteiger partial charge in [0.05, 0.1) is 6.61 Å². The van der Waals surface area contributed by atoms with Crippen molar-refractivity contribution in [2.75, 3.05) is 13.2 Å². The van der Waals surface area contributed by atoms with Crippen LogP contribution in [0.1, 0.15) is 24.0 Å². The number of fused-ring (bicyclic) bond motifs is 1. The van der Waals surface area contributed by atoms with Gasteiger partial charge in [0.25, 0.3) is 0 Å². The summed E-state index contributed by atoms with van der Waals surface area (Å²) in [4.78, 5) is 7.73. The van der Waals surface area contributed by atoms with Crippen LogP contribution < -0.4 is 0 Å². The Balaban J connectivity index is 2.13. The van der Waals surface area contributed by atoms with E-state index in [9.17, 15) is 0 Å². The molecule has 1 aromatic heterocycles. The second-order valence-corrected chi connectivity index (χ2v) is 4.76. The number of thioether (sulfide) groups is 1. The SMILES string of the molecule is CCOCCc1nc(=S)c2c([nH]1)CSC2. The number of nitrogens with zero attached hydrogens (tertiary/aromatic N) is 1. The van der Waals surface area contributed by atoms with E-state index >= 15 is 0 Å². The van der Waals surface area contributed by atoms with Crippen LogP contribution in [0, 0.1) is 4.64 Å². The van der Waals surface area contributed by atoms with Gasteiger partial charge in [-0.05, 0) is 6.92 Å². The Morgan fingerprint density at radius 1 is 1.53 bits per heavy atom. The molecule has 0 aliphatic carbocycles. The fraction of sp³-hybridized carbons (Fsp3) is 0.600. The average Bonchev–Trinajstić information content (AvgIpc) is 2.66. The maximum atomic E-state index is 5.30. The number of rotatable bonds is 4. The number of aromatic nitrogens is 2. The van der Waals surface area contributed by atoms with Crippen LogP contribution in [-0.2, 0) is 22.7 Å². The predicted octanol–water partition coefficient (Wildman–Crippen LogP) is 2.46. The van der Waals surface area contributed by atoms with Crippen LogP contribution in [0.25, 0.3) is 0 Å². The van der Waals surface area contributed by atoms with Gasteiger partial charge in [0.2, 0.25) is 0 Å². The van der Waals surface area contributed by atoms with Gasteiger partial charge in [0.15, 0.2) is 0 Å². The van der Waals surface area contributed by atoms with Crippen LogP contribution in [0.4, 0.5) is 0 Å². The highest BCUT2D eigenvalue weighted by Crippen LogP contribution is 2.28. The first-order chi connectivity index (χ1) is 7.31. The lowest BCUT2D eigenvalue weighted by Crippen LogP contribution is -2.05. The molecule has 1 aliphatic rings. The predicted molar refractivity (Wildman–Crippen MR) is 64.6 cm³/mol. The first-order valence-electron chi connectivity index (χ1n) is 5.07. The number of nitrogens with one attached hydrogen (secondary N) is 1. The molecule has 0 atom stereocenters. The number of H-pyrrole nitrogens is 1. The largest absolute Gasteiger partial charge is 0.381 e. The lowest BCUT2D eigenvalue weighted by Gasteiger charge is -2.04. The van der Waals surface area contributed by atoms with E-state index in [1.807, 2.05) is 18.7 Å². The van der Waals surface area contributed by atoms with Crippen LogP contribution >= 0.6 is 24.0 Å². The molecule has 5 heteroatoms. The highest BCUT2D eigenvalue weighted by molar-refractivity contribution is 7.98. The molecular formula is C10H14N2OS2. The summed E-state index contributed by atoms with van der Waals surface area (Å²) in [5.41, 5.74) is 2.47. The second-order valence-electron chi connectivity index (χ2n) is 3.39. The Labute approximate surface area is 98.6 Å². The van der Waals surface area contributed by atoms with Crippen molar-refractivity contribution in [2.24, 2.45) is 0 Å². The Hall–Kier alpha value is -0.390. The molecule has 1 aliphatic heterocycles. The third-order valence-electron chi connectivity index (χ3n) is 2.33. The van der Waals surface area contributed by atoms with Crippen molar-refractivity contribution in [2.45, 2.75) is 24.9 Å². The molecule has 0 saturated carbocycles. The average molecular weight is 242 g/mol. The standard InChI is InChI=1S/C10H14N2OS2/c1-2-13-4-3-9-11-8-6-15-5-7(8)10(14)12-9/h2-6H2,1H3,(H,11,12,14). The zero-order valence-corrected chi connectivity index (χ0v) is 10.3. The van der Waals surface area contributed by atoms with Gasteiger partial charge in [-0.3, -0.25) is 0 Å². The summed E-state index contributed by atoms with van der Waals surface area (Å²) in [6, 6.07) is 0. The van der Waals surface area contributed by atoms with Crippen LogP contribution in [0.5, 0.6) is 0 Å². The molecule has 1 N–H and O–H groups in total. The summed E-state index contributed by atoms with van der Waals surface area (Å²) in [6.45, 7) is 3.46. The molecule has 0 bridgehead atoms. The van der Waals surface area contributed by atoms with Crippen molar-refractivity contribution in [3.63, 3.8) is 0 Å². The van der Waals surface area contributed by atoms with Gasteiger partial charge >= 0.3 is 0 Å². The molecule has 0 amide bonds. The van der Waals surface area contributed by atoms with E-state index in [1.54, 1.807) is 0 Å². The minimum absolute atomic E-state index is 0.709. The second kappa shape index (κ2) is 5.09. The zero-order chi connectivity index (χ0) is 10.7. The molecule has 2 heterocycles. The topological polar surface area (TPSA) is 37.9 Å². The van der Waals surface area contributed by atoms with Gasteiger partial charge in [-0.1, -0.05) is 12.2 Å². The number of ether oxygens (including phenoxy) is 1. The maximum Gasteiger partial charge on any atom is 0.134 e. The van der Waals surface area contributed by atoms with Gasteiger partial charge in [-0.15, -0.1) is 0 Å². The third-order valence-corrected chi connectivity index (χ3v) is 3.66. The Bertz CT molecular complexity index is 403. The normalized spacial score (nSPS) is 14.2. The van der Waals surface area contributed by atoms with Gasteiger partial charge < -0.3 is 9.72 Å². The van der Waals surface area contributed by atoms with E-state index in [0.29, 0.717) is 6.61 Å². The van der Waals surface area contributed by atoms with Crippen molar-refractivity contribution < 1.29 is 4.74 Å². The minimum atomic E-state index is 0.709. The fourth-order valence-electron chi connectivity index (χ4n) is 1.56. The highest BCUT2D eigenvalue weighted by Gasteiger charge is 2.14. The van der Waals surface area contributed by atoms with E-state index in [-0.39, 0.29) is 0 Å². The van der Waals surface area contributed by atoms with Crippen molar-refractivity contribution in [1.29, 1.82) is 0 Å². The number of hydrogen-bond donors (Lipinski definition) is 1. The molecule has 3 nitrogen and oxygen atoms in total. The smallest absolute Gasteiger partial charge is 0.134 e. The van der Waals surface area contributed by atoms with E-state index in [2.05, 4.69) is 9.97 Å². The van der Waals surface area contributed by atoms with Crippen LogP contribution in [0.2, 0.25) is 0 Å². The third kappa shape index (κ3) is 2.59. The van der Waals surface area contributed by atoms with Crippen molar-refractivity contribution >= 4 is 24.0 Å². The van der Waals surface area contributed by atoms with Crippen LogP contribution in [-0.4, -0.2) is 23.2 Å². The maximum absolute atomic E-state index is 5.30. The molecule has 15 heavy (non-hydrogen) atoms. The van der Waals surface area contributed by atoms with Gasteiger partial charge in [-0.2, -0.15) is 11.8 Å². The minimum Gasteiger partial charge on any atom is -0.381 e. The van der Waals surface area contributed by atoms with Crippen molar-refractivity contribution in [3.8, 4) is 0 Å². The Morgan fingerprint density at radius 2 is 2.40 bits per heavy atom. The molecule has 0 radical (unpaired) electrons. The number of hydrogen-bond acceptors (Lipinski definition) is 4. The first kappa shape index (κ1) is 11.1. The summed E-state index contributed by atoms with van der Waals surface area (Å²) in [7, 11) is 0. The lowest BCUT2D eigenvalue weighted by atomic mass is 10.2. The Morgan fingerprint density at radius 3 is 3.20 bits per heavy atom. The quantitative estimate of drug-likeness (QED) is 0.650. The summed E-state index contributed by atoms with van der Waals surface area (Å²) < 4.78 is 6.06. The molecule has 0 fully saturated rings. The molecule has 0 saturated heterocycles. The fourth-order valence-corrected chi connectivity index (χ4v) is 3.02. The molecule has 0 unspecified atom stereocenters. The molecule has 0 aromatic carbocycles. The highest BCUT2D eigenvalue weighted by atomic mass is 32.2. The van der Waals surface area contributed by atoms with Gasteiger partial charge in [0.1, 0.15) is 10.5 Å². The van der Waals surface area contributed by atoms with Crippen molar-refractivity contribution in [3.05, 3.63) is 21.7 Å². The van der Waals surface area contributed by atoms with Crippen molar-refractivity contribution in [1.82, 2.24) is 9.97 Å². The Kier molecular flexibility index (Phi) is 3.77. The number of aromatic amines is 1. The van der Waals surface area contributed by atoms with Crippen LogP contribution in [0.3, 0.4) is 0 Å². The lowest BCUT2D eigenvalue weighted by molar-refractivity contribution is 0.149. The monoisotopic (exact) mass is 242 g/mol. The summed E-state index contributed by atoms with van der Waals surface area (Å²) >= 11 is 7.14. The van der Waals surface area contributed by atoms with E-state index in [0.717, 1.165) is 35.0 Å². The van der Waals surface area contributed by atoms with Crippen LogP contribution in [0.15, 0.2) is 0 Å². The van der Waals surface area contributed by atoms with E-state index in [1.165, 1.54) is 11.3 Å². The molecule has 1 aromatic rings. The van der Waals surface area contributed by atoms with Gasteiger partial charge in [0, 0.05) is 35.8 Å². The van der Waals surface area contributed by atoms with Gasteiger partial charge in [-0.25, -0.2) is 4.98 Å². The van der Waals surface area contributed by atoms with E-state index < -0.39 is 0 Å². The first-order valence-corrected chi connectivity index (χ1v) is 6.64. The van der Waals surface area contributed by atoms with E-state index in [4.69, 9.17) is 17.0 Å². The summed E-state index contributed by atoms with van der Waals surface area (Å²) in [5.74, 6) is 2.99. The summed E-state index contributed by atoms with van der Waals surface area (Å²) in [6.07, 6.45) is 0.815. The molecule has 0 spiro atoms. The zero-order valence-electron chi connectivity index (χ0n) is 8.71. The molecular weight excluding hydrogens is 228 g/mol.